The molecule has 1 heterocycles. The summed E-state index contributed by atoms with van der Waals surface area (Å²) in [6.07, 6.45) is 0. The van der Waals surface area contributed by atoms with Crippen LogP contribution in [0.4, 0.5) is 0 Å². The zero-order valence-electron chi connectivity index (χ0n) is 5.53. The van der Waals surface area contributed by atoms with Gasteiger partial charge in [-0.25, -0.2) is 9.59 Å². The van der Waals surface area contributed by atoms with Crippen LogP contribution in [0.2, 0.25) is 0 Å². The highest BCUT2D eigenvalue weighted by Gasteiger charge is 2.28. The number of carbonyl (C=O) groups is 2. The molecule has 1 aliphatic rings. The number of benzene rings is 1. The van der Waals surface area contributed by atoms with Crippen molar-refractivity contribution >= 4 is 11.9 Å². The van der Waals surface area contributed by atoms with Crippen LogP contribution in [0.3, 0.4) is 0 Å². The Bertz CT molecular complexity index is 308. The topological polar surface area (TPSA) is 43.4 Å². The molecule has 0 amide bonds. The molecule has 0 atom stereocenters. The van der Waals surface area contributed by atoms with E-state index in [1.807, 2.05) is 0 Å². The van der Waals surface area contributed by atoms with Gasteiger partial charge in [0.2, 0.25) is 0 Å². The van der Waals surface area contributed by atoms with E-state index in [1.54, 1.807) is 24.3 Å². The summed E-state index contributed by atoms with van der Waals surface area (Å²) in [6, 6.07) is 6.53. The summed E-state index contributed by atoms with van der Waals surface area (Å²) in [6.45, 7) is 0. The van der Waals surface area contributed by atoms with Gasteiger partial charge in [-0.05, 0) is 12.1 Å². The van der Waals surface area contributed by atoms with Crippen LogP contribution in [-0.4, -0.2) is 11.9 Å². The molecular weight excluding hydrogens is 150 g/mol. The molecule has 0 spiro atoms. The van der Waals surface area contributed by atoms with Gasteiger partial charge >= 0.3 is 11.9 Å². The summed E-state index contributed by atoms with van der Waals surface area (Å²) in [5.74, 6) is -1.10. The lowest BCUT2D eigenvalue weighted by Gasteiger charge is -1.86. The molecule has 2 rings (SSSR count). The Morgan fingerprint density at radius 2 is 1.36 bits per heavy atom. The molecule has 3 heteroatoms. The van der Waals surface area contributed by atoms with Crippen molar-refractivity contribution in [3.8, 4) is 0 Å². The Morgan fingerprint density at radius 3 is 1.82 bits per heavy atom. The van der Waals surface area contributed by atoms with Crippen molar-refractivity contribution in [2.24, 2.45) is 0 Å². The van der Waals surface area contributed by atoms with Crippen LogP contribution >= 0.6 is 0 Å². The molecule has 0 saturated carbocycles. The quantitative estimate of drug-likeness (QED) is 0.413. The zero-order valence-corrected chi connectivity index (χ0v) is 5.53. The average molecular weight is 154 g/mol. The SMILES string of the molecule is O=C1OC(=O)[13c]2[13cH][13cH][13cH][13cH][13c]21. The number of hydrogen-bond donors (Lipinski definition) is 0. The summed E-state index contributed by atoms with van der Waals surface area (Å²) in [7, 11) is 0. The summed E-state index contributed by atoms with van der Waals surface area (Å²) in [4.78, 5) is 21.7. The molecule has 0 saturated heterocycles. The summed E-state index contributed by atoms with van der Waals surface area (Å²) in [5.41, 5.74) is 0.718. The van der Waals surface area contributed by atoms with Gasteiger partial charge in [-0.3, -0.25) is 0 Å². The van der Waals surface area contributed by atoms with Gasteiger partial charge in [0.1, 0.15) is 0 Å². The molecule has 3 nitrogen and oxygen atoms in total. The van der Waals surface area contributed by atoms with Crippen LogP contribution in [0.1, 0.15) is 20.7 Å². The Kier molecular flexibility index (Phi) is 1.06. The minimum atomic E-state index is -0.550. The second-order valence-electron chi connectivity index (χ2n) is 2.22. The van der Waals surface area contributed by atoms with Gasteiger partial charge in [0.25, 0.3) is 0 Å². The Hall–Kier alpha value is -1.64. The van der Waals surface area contributed by atoms with Gasteiger partial charge in [0.15, 0.2) is 0 Å². The third kappa shape index (κ3) is 0.741. The molecule has 0 fully saturated rings. The molecular formula is C8H4O3. The van der Waals surface area contributed by atoms with Crippen LogP contribution in [-0.2, 0) is 4.74 Å². The van der Waals surface area contributed by atoms with Crippen molar-refractivity contribution in [2.45, 2.75) is 0 Å². The number of esters is 2. The van der Waals surface area contributed by atoms with Gasteiger partial charge in [0, 0.05) is 0 Å². The number of fused-ring (bicyclic) bond motifs is 1. The van der Waals surface area contributed by atoms with E-state index in [1.165, 1.54) is 0 Å². The molecule has 1 aromatic rings. The number of ether oxygens (including phenoxy) is 1. The lowest BCUT2D eigenvalue weighted by Crippen LogP contribution is -1.96. The van der Waals surface area contributed by atoms with Crippen LogP contribution in [0.25, 0.3) is 0 Å². The highest BCUT2D eigenvalue weighted by Crippen LogP contribution is 2.18. The highest BCUT2D eigenvalue weighted by molar-refractivity contribution is 6.14. The van der Waals surface area contributed by atoms with Gasteiger partial charge < -0.3 is 4.74 Å². The number of hydrogen-bond acceptors (Lipinski definition) is 3. The van der Waals surface area contributed by atoms with Crippen molar-refractivity contribution < 1.29 is 14.3 Å². The first kappa shape index (κ1) is 6.09. The first-order chi connectivity index (χ1) is 5.29. The van der Waals surface area contributed by atoms with E-state index < -0.39 is 11.9 Å². The third-order valence-corrected chi connectivity index (χ3v) is 1.55. The normalized spacial score (nSPS) is 14.5. The van der Waals surface area contributed by atoms with Crippen molar-refractivity contribution in [2.75, 3.05) is 0 Å². The monoisotopic (exact) mass is 154 g/mol. The number of cyclic esters (lactones) is 2. The molecule has 0 aromatic heterocycles. The Balaban J connectivity index is 2.69. The van der Waals surface area contributed by atoms with E-state index in [9.17, 15) is 9.59 Å². The lowest BCUT2D eigenvalue weighted by molar-refractivity contribution is 0.0444. The van der Waals surface area contributed by atoms with Crippen LogP contribution in [0.15, 0.2) is 24.3 Å². The molecule has 0 aliphatic carbocycles. The van der Waals surface area contributed by atoms with E-state index in [0.29, 0.717) is 11.1 Å². The first-order valence-electron chi connectivity index (χ1n) is 3.14. The van der Waals surface area contributed by atoms with Crippen LogP contribution in [0, 0.1) is 0 Å². The van der Waals surface area contributed by atoms with Gasteiger partial charge in [-0.15, -0.1) is 0 Å². The first-order valence-corrected chi connectivity index (χ1v) is 3.14. The molecule has 11 heavy (non-hydrogen) atoms. The molecule has 0 bridgehead atoms. The minimum absolute atomic E-state index is 0.359. The molecule has 0 N–H and O–H groups in total. The fourth-order valence-corrected chi connectivity index (χ4v) is 1.03. The molecule has 1 aliphatic heterocycles. The second kappa shape index (κ2) is 1.92. The van der Waals surface area contributed by atoms with Crippen molar-refractivity contribution in [1.82, 2.24) is 0 Å². The molecule has 1 aromatic carbocycles. The average Bonchev–Trinajstić information content (AvgIpc) is 2.30. The van der Waals surface area contributed by atoms with Crippen LogP contribution < -0.4 is 0 Å². The maximum Gasteiger partial charge on any atom is 0.346 e. The maximum absolute atomic E-state index is 10.8. The van der Waals surface area contributed by atoms with Crippen molar-refractivity contribution in [1.29, 1.82) is 0 Å². The fourth-order valence-electron chi connectivity index (χ4n) is 1.03. The predicted octanol–water partition coefficient (Wildman–Crippen LogP) is 0.997. The summed E-state index contributed by atoms with van der Waals surface area (Å²) < 4.78 is 4.35. The summed E-state index contributed by atoms with van der Waals surface area (Å²) >= 11 is 0. The van der Waals surface area contributed by atoms with Crippen molar-refractivity contribution in [3.05, 3.63) is 35.4 Å². The largest absolute Gasteiger partial charge is 0.386 e. The maximum atomic E-state index is 10.8. The predicted molar refractivity (Wildman–Crippen MR) is 36.2 cm³/mol. The highest BCUT2D eigenvalue weighted by atomic mass is 16.6. The van der Waals surface area contributed by atoms with Gasteiger partial charge in [-0.2, -0.15) is 0 Å². The van der Waals surface area contributed by atoms with E-state index in [0.717, 1.165) is 0 Å². The zero-order chi connectivity index (χ0) is 7.84. The van der Waals surface area contributed by atoms with Gasteiger partial charge in [0.05, 0.1) is 11.1 Å². The smallest absolute Gasteiger partial charge is 0.346 e. The molecule has 0 unspecified atom stereocenters. The van der Waals surface area contributed by atoms with Crippen LogP contribution in [0.5, 0.6) is 0 Å². The van der Waals surface area contributed by atoms with E-state index in [-0.39, 0.29) is 0 Å². The van der Waals surface area contributed by atoms with Crippen molar-refractivity contribution in [3.63, 3.8) is 0 Å². The second-order valence-corrected chi connectivity index (χ2v) is 2.22. The molecule has 0 radical (unpaired) electrons. The standard InChI is InChI=1S/C8H4O3/c9-7-5-3-1-2-4-6(5)8(10)11-7/h1-4H/i1+1,2+1,3+1,4+1,5+1,6+1. The Morgan fingerprint density at radius 1 is 0.909 bits per heavy atom. The van der Waals surface area contributed by atoms with Gasteiger partial charge in [-0.1, -0.05) is 12.1 Å². The third-order valence-electron chi connectivity index (χ3n) is 1.55. The van der Waals surface area contributed by atoms with E-state index in [2.05, 4.69) is 4.74 Å². The summed E-state index contributed by atoms with van der Waals surface area (Å²) in [5, 5.41) is 0. The fraction of sp³-hybridized carbons (Fsp3) is 0. The Labute approximate surface area is 62.6 Å². The number of rotatable bonds is 0. The minimum Gasteiger partial charge on any atom is -0.386 e. The van der Waals surface area contributed by atoms with E-state index >= 15 is 0 Å². The number of carbonyl (C=O) groups excluding carboxylic acids is 2. The molecule has 54 valence electrons. The van der Waals surface area contributed by atoms with E-state index in [4.69, 9.17) is 0 Å². The lowest BCUT2D eigenvalue weighted by atomic mass is 10.8.